The van der Waals surface area contributed by atoms with Gasteiger partial charge in [-0.3, -0.25) is 0 Å². The van der Waals surface area contributed by atoms with Crippen LogP contribution in [0.25, 0.3) is 0 Å². The lowest BCUT2D eigenvalue weighted by molar-refractivity contribution is 0.187. The Hall–Kier alpha value is -2.53. The van der Waals surface area contributed by atoms with Crippen LogP contribution < -0.4 is 5.32 Å². The van der Waals surface area contributed by atoms with Crippen LogP contribution in [-0.4, -0.2) is 54.2 Å². The number of carbonyl (C=O) groups excluding carboxylic acids is 1. The van der Waals surface area contributed by atoms with Gasteiger partial charge in [0.25, 0.3) is 0 Å². The highest BCUT2D eigenvalue weighted by Crippen LogP contribution is 2.23. The molecule has 1 aliphatic heterocycles. The Bertz CT molecular complexity index is 824. The molecule has 2 amide bonds. The van der Waals surface area contributed by atoms with E-state index in [2.05, 4.69) is 28.4 Å². The van der Waals surface area contributed by atoms with Gasteiger partial charge in [-0.2, -0.15) is 0 Å². The fourth-order valence-electron chi connectivity index (χ4n) is 3.95. The van der Waals surface area contributed by atoms with E-state index in [-0.39, 0.29) is 12.1 Å². The largest absolute Gasteiger partial charge is 0.508 e. The van der Waals surface area contributed by atoms with Crippen molar-refractivity contribution < 1.29 is 9.90 Å². The van der Waals surface area contributed by atoms with Crippen molar-refractivity contribution in [2.75, 3.05) is 27.2 Å². The highest BCUT2D eigenvalue weighted by Gasteiger charge is 2.22. The van der Waals surface area contributed by atoms with Gasteiger partial charge in [-0.1, -0.05) is 24.3 Å². The van der Waals surface area contributed by atoms with Gasteiger partial charge < -0.3 is 20.2 Å². The molecule has 1 unspecified atom stereocenters. The number of nitrogens with one attached hydrogen (secondary N) is 1. The number of hydrogen-bond donors (Lipinski definition) is 2. The number of aromatic hydroxyl groups is 1. The third-order valence-corrected chi connectivity index (χ3v) is 5.76. The fraction of sp³-hybridized carbons (Fsp3) is 0.435. The van der Waals surface area contributed by atoms with E-state index in [4.69, 9.17) is 0 Å². The quantitative estimate of drug-likeness (QED) is 0.836. The van der Waals surface area contributed by atoms with E-state index in [1.807, 2.05) is 38.9 Å². The number of amides is 2. The van der Waals surface area contributed by atoms with Crippen LogP contribution in [0.2, 0.25) is 0 Å². The molecule has 28 heavy (non-hydrogen) atoms. The summed E-state index contributed by atoms with van der Waals surface area (Å²) in [6.45, 7) is 6.07. The molecule has 1 atom stereocenters. The van der Waals surface area contributed by atoms with Crippen LogP contribution in [0, 0.1) is 13.8 Å². The van der Waals surface area contributed by atoms with Gasteiger partial charge in [0.1, 0.15) is 5.75 Å². The maximum atomic E-state index is 12.7. The zero-order chi connectivity index (χ0) is 20.3. The zero-order valence-corrected chi connectivity index (χ0v) is 17.3. The standard InChI is InChI=1S/C23H31N3O2/c1-16-11-21(27)12-17(2)22(16)13-20(25(3)4)14-24-23(28)26-10-9-18-7-5-6-8-19(18)15-26/h5-8,11-12,20,27H,9-10,13-15H2,1-4H3,(H,24,28). The summed E-state index contributed by atoms with van der Waals surface area (Å²) in [6, 6.07) is 12.1. The van der Waals surface area contributed by atoms with Crippen molar-refractivity contribution >= 4 is 6.03 Å². The predicted octanol–water partition coefficient (Wildman–Crippen LogP) is 3.25. The van der Waals surface area contributed by atoms with Crippen LogP contribution in [0.5, 0.6) is 5.75 Å². The maximum absolute atomic E-state index is 12.7. The first-order chi connectivity index (χ1) is 13.3. The highest BCUT2D eigenvalue weighted by atomic mass is 16.3. The van der Waals surface area contributed by atoms with E-state index in [1.165, 1.54) is 16.7 Å². The van der Waals surface area contributed by atoms with E-state index in [1.54, 1.807) is 12.1 Å². The number of urea groups is 1. The molecule has 150 valence electrons. The molecule has 2 aromatic rings. The summed E-state index contributed by atoms with van der Waals surface area (Å²) in [5.74, 6) is 0.304. The second kappa shape index (κ2) is 8.65. The summed E-state index contributed by atoms with van der Waals surface area (Å²) in [7, 11) is 4.08. The SMILES string of the molecule is Cc1cc(O)cc(C)c1CC(CNC(=O)N1CCc2ccccc2C1)N(C)C. The number of aryl methyl sites for hydroxylation is 2. The topological polar surface area (TPSA) is 55.8 Å². The first-order valence-corrected chi connectivity index (χ1v) is 9.90. The highest BCUT2D eigenvalue weighted by molar-refractivity contribution is 5.74. The summed E-state index contributed by atoms with van der Waals surface area (Å²) < 4.78 is 0. The summed E-state index contributed by atoms with van der Waals surface area (Å²) in [4.78, 5) is 16.8. The van der Waals surface area contributed by atoms with Gasteiger partial charge in [-0.05, 0) is 80.7 Å². The van der Waals surface area contributed by atoms with Crippen molar-refractivity contribution in [1.82, 2.24) is 15.1 Å². The minimum atomic E-state index is 0.000466. The van der Waals surface area contributed by atoms with E-state index >= 15 is 0 Å². The number of benzene rings is 2. The average Bonchev–Trinajstić information content (AvgIpc) is 2.65. The average molecular weight is 382 g/mol. The van der Waals surface area contributed by atoms with Crippen molar-refractivity contribution in [3.8, 4) is 5.75 Å². The Morgan fingerprint density at radius 2 is 1.82 bits per heavy atom. The van der Waals surface area contributed by atoms with Crippen molar-refractivity contribution in [3.05, 3.63) is 64.2 Å². The van der Waals surface area contributed by atoms with E-state index in [0.29, 0.717) is 18.8 Å². The number of phenolic OH excluding ortho intramolecular Hbond substituents is 1. The molecule has 0 saturated carbocycles. The molecule has 1 heterocycles. The Morgan fingerprint density at radius 1 is 1.18 bits per heavy atom. The lowest BCUT2D eigenvalue weighted by Crippen LogP contribution is -2.48. The fourth-order valence-corrected chi connectivity index (χ4v) is 3.95. The Balaban J connectivity index is 1.62. The van der Waals surface area contributed by atoms with E-state index in [9.17, 15) is 9.90 Å². The minimum Gasteiger partial charge on any atom is -0.508 e. The van der Waals surface area contributed by atoms with Crippen LogP contribution >= 0.6 is 0 Å². The van der Waals surface area contributed by atoms with Crippen molar-refractivity contribution in [2.45, 2.75) is 39.3 Å². The Labute approximate surface area is 168 Å². The number of rotatable bonds is 5. The molecule has 0 bridgehead atoms. The van der Waals surface area contributed by atoms with Gasteiger partial charge in [0.2, 0.25) is 0 Å². The number of likely N-dealkylation sites (N-methyl/N-ethyl adjacent to an activating group) is 1. The summed E-state index contributed by atoms with van der Waals surface area (Å²) in [5.41, 5.74) is 5.99. The molecule has 5 nitrogen and oxygen atoms in total. The molecule has 1 aliphatic rings. The smallest absolute Gasteiger partial charge is 0.317 e. The van der Waals surface area contributed by atoms with Crippen LogP contribution in [-0.2, 0) is 19.4 Å². The molecule has 0 radical (unpaired) electrons. The molecular weight excluding hydrogens is 350 g/mol. The van der Waals surface area contributed by atoms with Gasteiger partial charge in [0.15, 0.2) is 0 Å². The van der Waals surface area contributed by atoms with Gasteiger partial charge in [0, 0.05) is 25.7 Å². The van der Waals surface area contributed by atoms with Crippen LogP contribution in [0.3, 0.4) is 0 Å². The van der Waals surface area contributed by atoms with Crippen molar-refractivity contribution in [1.29, 1.82) is 0 Å². The maximum Gasteiger partial charge on any atom is 0.317 e. The Kier molecular flexibility index (Phi) is 6.25. The van der Waals surface area contributed by atoms with Crippen LogP contribution in [0.1, 0.15) is 27.8 Å². The second-order valence-electron chi connectivity index (χ2n) is 8.01. The first kappa shape index (κ1) is 20.2. The molecule has 0 aliphatic carbocycles. The summed E-state index contributed by atoms with van der Waals surface area (Å²) in [6.07, 6.45) is 1.74. The minimum absolute atomic E-state index is 0.000466. The molecule has 0 saturated heterocycles. The van der Waals surface area contributed by atoms with Crippen molar-refractivity contribution in [2.24, 2.45) is 0 Å². The Morgan fingerprint density at radius 3 is 2.46 bits per heavy atom. The molecule has 0 aromatic heterocycles. The molecule has 2 N–H and O–H groups in total. The van der Waals surface area contributed by atoms with Crippen LogP contribution in [0.15, 0.2) is 36.4 Å². The lowest BCUT2D eigenvalue weighted by Gasteiger charge is -2.31. The number of nitrogens with zero attached hydrogens (tertiary/aromatic N) is 2. The van der Waals surface area contributed by atoms with Gasteiger partial charge in [0.05, 0.1) is 0 Å². The van der Waals surface area contributed by atoms with E-state index in [0.717, 1.165) is 30.5 Å². The number of hydrogen-bond acceptors (Lipinski definition) is 3. The summed E-state index contributed by atoms with van der Waals surface area (Å²) >= 11 is 0. The third kappa shape index (κ3) is 4.65. The third-order valence-electron chi connectivity index (χ3n) is 5.76. The number of phenols is 1. The number of carbonyl (C=O) groups is 1. The molecule has 0 spiro atoms. The summed E-state index contributed by atoms with van der Waals surface area (Å²) in [5, 5.41) is 12.9. The van der Waals surface area contributed by atoms with Gasteiger partial charge >= 0.3 is 6.03 Å². The lowest BCUT2D eigenvalue weighted by atomic mass is 9.95. The first-order valence-electron chi connectivity index (χ1n) is 9.90. The van der Waals surface area contributed by atoms with Crippen LogP contribution in [0.4, 0.5) is 4.79 Å². The molecular formula is C23H31N3O2. The van der Waals surface area contributed by atoms with Crippen molar-refractivity contribution in [3.63, 3.8) is 0 Å². The predicted molar refractivity (Wildman–Crippen MR) is 113 cm³/mol. The van der Waals surface area contributed by atoms with Gasteiger partial charge in [-0.25, -0.2) is 4.79 Å². The zero-order valence-electron chi connectivity index (χ0n) is 17.3. The monoisotopic (exact) mass is 381 g/mol. The van der Waals surface area contributed by atoms with E-state index < -0.39 is 0 Å². The molecule has 5 heteroatoms. The second-order valence-corrected chi connectivity index (χ2v) is 8.01. The normalized spacial score (nSPS) is 14.7. The molecule has 0 fully saturated rings. The van der Waals surface area contributed by atoms with Gasteiger partial charge in [-0.15, -0.1) is 0 Å². The molecule has 3 rings (SSSR count). The number of fused-ring (bicyclic) bond motifs is 1. The molecule has 2 aromatic carbocycles.